The molecule has 3 rings (SSSR count). The van der Waals surface area contributed by atoms with Crippen molar-refractivity contribution in [3.8, 4) is 0 Å². The Kier molecular flexibility index (Phi) is 5.38. The van der Waals surface area contributed by atoms with Crippen LogP contribution in [-0.2, 0) is 11.3 Å². The van der Waals surface area contributed by atoms with E-state index in [1.807, 2.05) is 25.1 Å². The van der Waals surface area contributed by atoms with E-state index in [-0.39, 0.29) is 24.5 Å². The molecule has 132 valence electrons. The number of rotatable bonds is 5. The molecule has 0 spiro atoms. The number of carbonyl (C=O) groups is 1. The van der Waals surface area contributed by atoms with Crippen molar-refractivity contribution in [3.05, 3.63) is 65.5 Å². The van der Waals surface area contributed by atoms with Crippen molar-refractivity contribution in [3.63, 3.8) is 0 Å². The second-order valence-electron chi connectivity index (χ2n) is 6.33. The summed E-state index contributed by atoms with van der Waals surface area (Å²) in [6.07, 6.45) is 3.29. The van der Waals surface area contributed by atoms with E-state index in [1.54, 1.807) is 11.1 Å². The molecule has 2 aromatic rings. The standard InChI is InChI=1S/C19H21F2N3O/c1-13(17-5-2-3-9-22-17)23-18-6-4-10-24(19(18)25)12-14-7-8-15(20)11-16(14)21/h2-3,5,7-9,11,13,18,23H,4,6,10,12H2,1H3. The van der Waals surface area contributed by atoms with Crippen LogP contribution in [0.5, 0.6) is 0 Å². The topological polar surface area (TPSA) is 45.2 Å². The van der Waals surface area contributed by atoms with Gasteiger partial charge in [0.15, 0.2) is 0 Å². The van der Waals surface area contributed by atoms with Crippen molar-refractivity contribution in [1.82, 2.24) is 15.2 Å². The Balaban J connectivity index is 1.66. The highest BCUT2D eigenvalue weighted by Crippen LogP contribution is 2.20. The molecule has 1 aliphatic heterocycles. The van der Waals surface area contributed by atoms with Crippen LogP contribution in [0.2, 0.25) is 0 Å². The summed E-state index contributed by atoms with van der Waals surface area (Å²) < 4.78 is 26.9. The van der Waals surface area contributed by atoms with Gasteiger partial charge in [-0.1, -0.05) is 12.1 Å². The first-order valence-electron chi connectivity index (χ1n) is 8.44. The molecular formula is C19H21F2N3O. The van der Waals surface area contributed by atoms with Crippen molar-refractivity contribution in [1.29, 1.82) is 0 Å². The second-order valence-corrected chi connectivity index (χ2v) is 6.33. The zero-order chi connectivity index (χ0) is 17.8. The van der Waals surface area contributed by atoms with Gasteiger partial charge in [-0.3, -0.25) is 15.1 Å². The Morgan fingerprint density at radius 2 is 2.16 bits per heavy atom. The van der Waals surface area contributed by atoms with Crippen LogP contribution in [0.1, 0.15) is 37.1 Å². The lowest BCUT2D eigenvalue weighted by atomic mass is 10.0. The number of hydrogen-bond donors (Lipinski definition) is 1. The van der Waals surface area contributed by atoms with Gasteiger partial charge < -0.3 is 4.90 Å². The quantitative estimate of drug-likeness (QED) is 0.905. The number of pyridine rings is 1. The Bertz CT molecular complexity index is 739. The summed E-state index contributed by atoms with van der Waals surface area (Å²) in [5.41, 5.74) is 1.20. The summed E-state index contributed by atoms with van der Waals surface area (Å²) in [4.78, 5) is 18.7. The molecule has 0 saturated carbocycles. The molecule has 1 amide bonds. The van der Waals surface area contributed by atoms with E-state index in [9.17, 15) is 13.6 Å². The highest BCUT2D eigenvalue weighted by atomic mass is 19.1. The number of likely N-dealkylation sites (tertiary alicyclic amines) is 1. The average Bonchev–Trinajstić information content (AvgIpc) is 2.61. The third-order valence-corrected chi connectivity index (χ3v) is 4.49. The Hall–Kier alpha value is -2.34. The Morgan fingerprint density at radius 1 is 1.32 bits per heavy atom. The third-order valence-electron chi connectivity index (χ3n) is 4.49. The minimum Gasteiger partial charge on any atom is -0.337 e. The zero-order valence-electron chi connectivity index (χ0n) is 14.1. The van der Waals surface area contributed by atoms with Gasteiger partial charge in [-0.05, 0) is 38.0 Å². The number of piperidine rings is 1. The lowest BCUT2D eigenvalue weighted by Gasteiger charge is -2.34. The van der Waals surface area contributed by atoms with Crippen molar-refractivity contribution >= 4 is 5.91 Å². The maximum atomic E-state index is 13.9. The summed E-state index contributed by atoms with van der Waals surface area (Å²) in [7, 11) is 0. The second kappa shape index (κ2) is 7.70. The average molecular weight is 345 g/mol. The van der Waals surface area contributed by atoms with E-state index in [1.165, 1.54) is 12.1 Å². The fourth-order valence-corrected chi connectivity index (χ4v) is 3.13. The number of nitrogens with zero attached hydrogens (tertiary/aromatic N) is 2. The van der Waals surface area contributed by atoms with Crippen molar-refractivity contribution < 1.29 is 13.6 Å². The minimum atomic E-state index is -0.621. The zero-order valence-corrected chi connectivity index (χ0v) is 14.1. The Morgan fingerprint density at radius 3 is 2.88 bits per heavy atom. The highest BCUT2D eigenvalue weighted by molar-refractivity contribution is 5.82. The molecule has 1 N–H and O–H groups in total. The number of carbonyl (C=O) groups excluding carboxylic acids is 1. The van der Waals surface area contributed by atoms with E-state index in [0.717, 1.165) is 24.6 Å². The van der Waals surface area contributed by atoms with E-state index in [4.69, 9.17) is 0 Å². The van der Waals surface area contributed by atoms with Gasteiger partial charge in [-0.15, -0.1) is 0 Å². The van der Waals surface area contributed by atoms with Crippen LogP contribution in [0.4, 0.5) is 8.78 Å². The van der Waals surface area contributed by atoms with Gasteiger partial charge in [-0.25, -0.2) is 8.78 Å². The van der Waals surface area contributed by atoms with Crippen LogP contribution in [0, 0.1) is 11.6 Å². The van der Waals surface area contributed by atoms with Crippen LogP contribution in [0.3, 0.4) is 0 Å². The summed E-state index contributed by atoms with van der Waals surface area (Å²) >= 11 is 0. The molecule has 1 aromatic heterocycles. The molecular weight excluding hydrogens is 324 g/mol. The molecule has 1 fully saturated rings. The van der Waals surface area contributed by atoms with Crippen molar-refractivity contribution in [2.24, 2.45) is 0 Å². The van der Waals surface area contributed by atoms with Crippen molar-refractivity contribution in [2.75, 3.05) is 6.54 Å². The largest absolute Gasteiger partial charge is 0.337 e. The third kappa shape index (κ3) is 4.20. The normalized spacial score (nSPS) is 19.1. The molecule has 6 heteroatoms. The number of aromatic nitrogens is 1. The molecule has 1 saturated heterocycles. The maximum Gasteiger partial charge on any atom is 0.240 e. The molecule has 2 unspecified atom stereocenters. The predicted molar refractivity (Wildman–Crippen MR) is 90.6 cm³/mol. The van der Waals surface area contributed by atoms with Gasteiger partial charge in [-0.2, -0.15) is 0 Å². The van der Waals surface area contributed by atoms with Gasteiger partial charge >= 0.3 is 0 Å². The molecule has 2 heterocycles. The number of halogens is 2. The van der Waals surface area contributed by atoms with Gasteiger partial charge in [0.05, 0.1) is 11.7 Å². The summed E-state index contributed by atoms with van der Waals surface area (Å²) in [5.74, 6) is -1.29. The van der Waals surface area contributed by atoms with E-state index < -0.39 is 11.6 Å². The highest BCUT2D eigenvalue weighted by Gasteiger charge is 2.30. The molecule has 2 atom stereocenters. The first-order valence-corrected chi connectivity index (χ1v) is 8.44. The molecule has 1 aliphatic rings. The fourth-order valence-electron chi connectivity index (χ4n) is 3.13. The van der Waals surface area contributed by atoms with Gasteiger partial charge in [0, 0.05) is 37.0 Å². The molecule has 0 aliphatic carbocycles. The lowest BCUT2D eigenvalue weighted by Crippen LogP contribution is -2.50. The SMILES string of the molecule is CC(NC1CCCN(Cc2ccc(F)cc2F)C1=O)c1ccccn1. The number of amides is 1. The van der Waals surface area contributed by atoms with Crippen molar-refractivity contribution in [2.45, 2.75) is 38.4 Å². The smallest absolute Gasteiger partial charge is 0.240 e. The predicted octanol–water partition coefficient (Wildman–Crippen LogP) is 3.20. The summed E-state index contributed by atoms with van der Waals surface area (Å²) in [5, 5.41) is 3.32. The monoisotopic (exact) mass is 345 g/mol. The maximum absolute atomic E-state index is 13.9. The number of nitrogens with one attached hydrogen (secondary N) is 1. The fraction of sp³-hybridized carbons (Fsp3) is 0.368. The first-order chi connectivity index (χ1) is 12.0. The van der Waals surface area contributed by atoms with Crippen LogP contribution in [0.25, 0.3) is 0 Å². The van der Waals surface area contributed by atoms with E-state index >= 15 is 0 Å². The minimum absolute atomic E-state index is 0.0576. The van der Waals surface area contributed by atoms with Crippen LogP contribution >= 0.6 is 0 Å². The molecule has 4 nitrogen and oxygen atoms in total. The van der Waals surface area contributed by atoms with Crippen LogP contribution < -0.4 is 5.32 Å². The number of benzene rings is 1. The first kappa shape index (κ1) is 17.5. The van der Waals surface area contributed by atoms with Crippen LogP contribution in [0.15, 0.2) is 42.6 Å². The van der Waals surface area contributed by atoms with E-state index in [2.05, 4.69) is 10.3 Å². The van der Waals surface area contributed by atoms with E-state index in [0.29, 0.717) is 12.1 Å². The van der Waals surface area contributed by atoms with Gasteiger partial charge in [0.25, 0.3) is 0 Å². The number of hydrogen-bond acceptors (Lipinski definition) is 3. The molecule has 25 heavy (non-hydrogen) atoms. The summed E-state index contributed by atoms with van der Waals surface area (Å²) in [6.45, 7) is 2.70. The molecule has 1 aromatic carbocycles. The van der Waals surface area contributed by atoms with Crippen LogP contribution in [-0.4, -0.2) is 28.4 Å². The molecule has 0 bridgehead atoms. The lowest BCUT2D eigenvalue weighted by molar-refractivity contribution is -0.136. The Labute approximate surface area is 145 Å². The molecule has 0 radical (unpaired) electrons. The van der Waals surface area contributed by atoms with Gasteiger partial charge in [0.1, 0.15) is 11.6 Å². The van der Waals surface area contributed by atoms with Gasteiger partial charge in [0.2, 0.25) is 5.91 Å². The summed E-state index contributed by atoms with van der Waals surface area (Å²) in [6, 6.07) is 8.75.